The Morgan fingerprint density at radius 1 is 1.59 bits per heavy atom. The first-order valence-corrected chi connectivity index (χ1v) is 5.89. The molecule has 4 heteroatoms. The summed E-state index contributed by atoms with van der Waals surface area (Å²) in [7, 11) is 1.57. The maximum atomic E-state index is 13.0. The summed E-state index contributed by atoms with van der Waals surface area (Å²) in [6.45, 7) is 0.825. The number of methoxy groups -OCH3 is 1. The molecule has 2 rings (SSSR count). The molecule has 0 radical (unpaired) electrons. The van der Waals surface area contributed by atoms with E-state index in [0.717, 1.165) is 24.0 Å². The van der Waals surface area contributed by atoms with Crippen LogP contribution in [0.4, 0.5) is 4.39 Å². The van der Waals surface area contributed by atoms with E-state index in [9.17, 15) is 9.50 Å². The number of aryl methyl sites for hydroxylation is 1. The number of nitrogens with one attached hydrogen (secondary N) is 1. The van der Waals surface area contributed by atoms with E-state index in [-0.39, 0.29) is 11.9 Å². The van der Waals surface area contributed by atoms with E-state index in [1.54, 1.807) is 13.2 Å². The van der Waals surface area contributed by atoms with E-state index in [0.29, 0.717) is 13.2 Å². The van der Waals surface area contributed by atoms with Gasteiger partial charge in [-0.2, -0.15) is 0 Å². The van der Waals surface area contributed by atoms with Gasteiger partial charge in [0, 0.05) is 19.7 Å². The number of aliphatic hydroxyl groups excluding tert-OH is 1. The van der Waals surface area contributed by atoms with Gasteiger partial charge in [0.25, 0.3) is 0 Å². The molecule has 1 aliphatic carbocycles. The van der Waals surface area contributed by atoms with E-state index in [1.165, 1.54) is 6.07 Å². The van der Waals surface area contributed by atoms with Crippen molar-refractivity contribution in [2.75, 3.05) is 20.3 Å². The number of hydrogen-bond donors (Lipinski definition) is 2. The summed E-state index contributed by atoms with van der Waals surface area (Å²) in [6, 6.07) is 5.14. The molecule has 0 amide bonds. The molecule has 1 aromatic rings. The summed E-state index contributed by atoms with van der Waals surface area (Å²) < 4.78 is 17.9. The van der Waals surface area contributed by atoms with E-state index in [2.05, 4.69) is 5.32 Å². The van der Waals surface area contributed by atoms with Crippen LogP contribution in [0, 0.1) is 5.82 Å². The molecule has 0 spiro atoms. The van der Waals surface area contributed by atoms with Crippen molar-refractivity contribution in [2.24, 2.45) is 0 Å². The van der Waals surface area contributed by atoms with Crippen molar-refractivity contribution >= 4 is 0 Å². The van der Waals surface area contributed by atoms with E-state index >= 15 is 0 Å². The van der Waals surface area contributed by atoms with Crippen molar-refractivity contribution in [3.8, 4) is 0 Å². The number of aliphatic hydroxyl groups is 1. The van der Waals surface area contributed by atoms with Crippen LogP contribution in [-0.4, -0.2) is 31.5 Å². The summed E-state index contributed by atoms with van der Waals surface area (Å²) >= 11 is 0. The zero-order chi connectivity index (χ0) is 12.3. The normalized spacial score (nSPS) is 20.3. The smallest absolute Gasteiger partial charge is 0.123 e. The van der Waals surface area contributed by atoms with Gasteiger partial charge in [0.2, 0.25) is 0 Å². The van der Waals surface area contributed by atoms with Crippen molar-refractivity contribution in [1.29, 1.82) is 0 Å². The molecule has 0 saturated heterocycles. The Kier molecular flexibility index (Phi) is 4.10. The highest BCUT2D eigenvalue weighted by molar-refractivity contribution is 5.34. The standard InChI is InChI=1S/C13H18FNO2/c1-17-8-11(16)7-15-13-5-2-9-6-10(14)3-4-12(9)13/h3-4,6,11,13,15-16H,2,5,7-8H2,1H3. The second-order valence-corrected chi connectivity index (χ2v) is 4.45. The van der Waals surface area contributed by atoms with Crippen LogP contribution in [-0.2, 0) is 11.2 Å². The first-order valence-electron chi connectivity index (χ1n) is 5.89. The third-order valence-corrected chi connectivity index (χ3v) is 3.14. The van der Waals surface area contributed by atoms with Crippen LogP contribution in [0.3, 0.4) is 0 Å². The molecule has 94 valence electrons. The molecular formula is C13H18FNO2. The van der Waals surface area contributed by atoms with Crippen LogP contribution in [0.2, 0.25) is 0 Å². The van der Waals surface area contributed by atoms with Gasteiger partial charge in [0.05, 0.1) is 12.7 Å². The maximum absolute atomic E-state index is 13.0. The Hall–Kier alpha value is -0.970. The fourth-order valence-electron chi connectivity index (χ4n) is 2.33. The van der Waals surface area contributed by atoms with Gasteiger partial charge in [-0.05, 0) is 36.1 Å². The maximum Gasteiger partial charge on any atom is 0.123 e. The Balaban J connectivity index is 1.93. The van der Waals surface area contributed by atoms with E-state index in [1.807, 2.05) is 6.07 Å². The Morgan fingerprint density at radius 2 is 2.41 bits per heavy atom. The molecule has 2 atom stereocenters. The minimum atomic E-state index is -0.496. The van der Waals surface area contributed by atoms with Gasteiger partial charge < -0.3 is 15.2 Å². The number of hydrogen-bond acceptors (Lipinski definition) is 3. The quantitative estimate of drug-likeness (QED) is 0.816. The topological polar surface area (TPSA) is 41.5 Å². The van der Waals surface area contributed by atoms with Crippen molar-refractivity contribution in [2.45, 2.75) is 25.0 Å². The number of halogens is 1. The first kappa shape index (κ1) is 12.5. The van der Waals surface area contributed by atoms with Crippen LogP contribution in [0.25, 0.3) is 0 Å². The highest BCUT2D eigenvalue weighted by Crippen LogP contribution is 2.31. The van der Waals surface area contributed by atoms with Crippen molar-refractivity contribution in [1.82, 2.24) is 5.32 Å². The lowest BCUT2D eigenvalue weighted by atomic mass is 10.1. The molecule has 0 aliphatic heterocycles. The SMILES string of the molecule is COCC(O)CNC1CCc2cc(F)ccc21. The fraction of sp³-hybridized carbons (Fsp3) is 0.538. The lowest BCUT2D eigenvalue weighted by molar-refractivity contribution is 0.0627. The molecule has 1 aliphatic rings. The van der Waals surface area contributed by atoms with Gasteiger partial charge in [-0.25, -0.2) is 4.39 Å². The predicted molar refractivity (Wildman–Crippen MR) is 63.3 cm³/mol. The molecule has 2 N–H and O–H groups in total. The summed E-state index contributed by atoms with van der Waals surface area (Å²) in [6.07, 6.45) is 1.35. The second-order valence-electron chi connectivity index (χ2n) is 4.45. The number of ether oxygens (including phenoxy) is 1. The van der Waals surface area contributed by atoms with Gasteiger partial charge in [-0.3, -0.25) is 0 Å². The lowest BCUT2D eigenvalue weighted by Gasteiger charge is -2.17. The summed E-state index contributed by atoms with van der Waals surface area (Å²) in [5.41, 5.74) is 2.22. The van der Waals surface area contributed by atoms with Crippen molar-refractivity contribution in [3.63, 3.8) is 0 Å². The number of fused-ring (bicyclic) bond motifs is 1. The average Bonchev–Trinajstić information content (AvgIpc) is 2.69. The second kappa shape index (κ2) is 5.58. The molecule has 3 nitrogen and oxygen atoms in total. The Morgan fingerprint density at radius 3 is 3.18 bits per heavy atom. The molecule has 0 fully saturated rings. The zero-order valence-electron chi connectivity index (χ0n) is 9.95. The zero-order valence-corrected chi connectivity index (χ0v) is 9.95. The van der Waals surface area contributed by atoms with E-state index < -0.39 is 6.10 Å². The van der Waals surface area contributed by atoms with Crippen LogP contribution < -0.4 is 5.32 Å². The van der Waals surface area contributed by atoms with Gasteiger partial charge in [-0.1, -0.05) is 6.07 Å². The first-order chi connectivity index (χ1) is 8.20. The molecule has 0 saturated carbocycles. The molecule has 0 aromatic heterocycles. The highest BCUT2D eigenvalue weighted by Gasteiger charge is 2.22. The van der Waals surface area contributed by atoms with Crippen LogP contribution in [0.1, 0.15) is 23.6 Å². The fourth-order valence-corrected chi connectivity index (χ4v) is 2.33. The predicted octanol–water partition coefficient (Wildman–Crippen LogP) is 1.41. The third kappa shape index (κ3) is 3.03. The van der Waals surface area contributed by atoms with E-state index in [4.69, 9.17) is 4.74 Å². The molecule has 17 heavy (non-hydrogen) atoms. The number of benzene rings is 1. The summed E-state index contributed by atoms with van der Waals surface area (Å²) in [5.74, 6) is -0.177. The van der Waals surface area contributed by atoms with Gasteiger partial charge in [0.15, 0.2) is 0 Å². The van der Waals surface area contributed by atoms with Gasteiger partial charge >= 0.3 is 0 Å². The Bertz CT molecular complexity index is 384. The van der Waals surface area contributed by atoms with Gasteiger partial charge in [-0.15, -0.1) is 0 Å². The van der Waals surface area contributed by atoms with Crippen LogP contribution in [0.5, 0.6) is 0 Å². The summed E-state index contributed by atoms with van der Waals surface area (Å²) in [4.78, 5) is 0. The largest absolute Gasteiger partial charge is 0.389 e. The highest BCUT2D eigenvalue weighted by atomic mass is 19.1. The van der Waals surface area contributed by atoms with Crippen molar-refractivity contribution in [3.05, 3.63) is 35.1 Å². The summed E-state index contributed by atoms with van der Waals surface area (Å²) in [5, 5.41) is 12.8. The average molecular weight is 239 g/mol. The van der Waals surface area contributed by atoms with Crippen LogP contribution in [0.15, 0.2) is 18.2 Å². The van der Waals surface area contributed by atoms with Crippen LogP contribution >= 0.6 is 0 Å². The molecule has 1 aromatic carbocycles. The van der Waals surface area contributed by atoms with Crippen molar-refractivity contribution < 1.29 is 14.2 Å². The minimum absolute atomic E-state index is 0.177. The molecule has 0 bridgehead atoms. The van der Waals surface area contributed by atoms with Gasteiger partial charge in [0.1, 0.15) is 5.82 Å². The third-order valence-electron chi connectivity index (χ3n) is 3.14. The monoisotopic (exact) mass is 239 g/mol. The Labute approximate surface area is 101 Å². The number of rotatable bonds is 5. The minimum Gasteiger partial charge on any atom is -0.389 e. The molecule has 2 unspecified atom stereocenters. The molecule has 0 heterocycles. The lowest BCUT2D eigenvalue weighted by Crippen LogP contribution is -2.32. The molecular weight excluding hydrogens is 221 g/mol.